The Bertz CT molecular complexity index is 126. The van der Waals surface area contributed by atoms with Crippen molar-refractivity contribution in [2.24, 2.45) is 0 Å². The van der Waals surface area contributed by atoms with Crippen LogP contribution < -0.4 is 3.53 Å². The fourth-order valence-corrected chi connectivity index (χ4v) is 1.32. The summed E-state index contributed by atoms with van der Waals surface area (Å²) in [4.78, 5) is 13.2. The van der Waals surface area contributed by atoms with Crippen LogP contribution in [0.3, 0.4) is 0 Å². The molecule has 0 radical (unpaired) electrons. The molecule has 0 rings (SSSR count). The fourth-order valence-electron chi connectivity index (χ4n) is 1.05. The van der Waals surface area contributed by atoms with Gasteiger partial charge < -0.3 is 4.90 Å². The molecule has 72 valence electrons. The van der Waals surface area contributed by atoms with E-state index >= 15 is 0 Å². The Balaban J connectivity index is 3.34. The van der Waals surface area contributed by atoms with Gasteiger partial charge in [-0.25, -0.2) is 0 Å². The minimum absolute atomic E-state index is 0.128. The van der Waals surface area contributed by atoms with Crippen molar-refractivity contribution < 1.29 is 4.79 Å². The molecule has 0 aromatic heterocycles. The van der Waals surface area contributed by atoms with Gasteiger partial charge in [-0.2, -0.15) is 0 Å². The average molecular weight is 284 g/mol. The highest BCUT2D eigenvalue weighted by molar-refractivity contribution is 14.1. The van der Waals surface area contributed by atoms with E-state index in [1.165, 1.54) is 0 Å². The molecular weight excluding hydrogens is 267 g/mol. The number of halogens is 1. The van der Waals surface area contributed by atoms with Crippen LogP contribution in [0.15, 0.2) is 0 Å². The first-order valence-corrected chi connectivity index (χ1v) is 5.44. The van der Waals surface area contributed by atoms with Crippen molar-refractivity contribution in [2.45, 2.75) is 26.7 Å². The molecule has 0 aromatic rings. The van der Waals surface area contributed by atoms with Crippen LogP contribution in [0.4, 0.5) is 0 Å². The molecule has 1 amide bonds. The molecule has 3 nitrogen and oxygen atoms in total. The minimum Gasteiger partial charge on any atom is -0.304 e. The van der Waals surface area contributed by atoms with Crippen LogP contribution in [-0.2, 0) is 4.79 Å². The molecule has 0 aliphatic rings. The maximum atomic E-state index is 10.8. The Hall–Kier alpha value is 0.160. The van der Waals surface area contributed by atoms with Gasteiger partial charge >= 0.3 is 0 Å². The molecule has 12 heavy (non-hydrogen) atoms. The van der Waals surface area contributed by atoms with Gasteiger partial charge in [-0.15, -0.1) is 0 Å². The lowest BCUT2D eigenvalue weighted by Crippen LogP contribution is -2.25. The summed E-state index contributed by atoms with van der Waals surface area (Å²) in [6, 6.07) is 0. The van der Waals surface area contributed by atoms with E-state index < -0.39 is 0 Å². The first-order valence-electron chi connectivity index (χ1n) is 4.36. The number of nitrogens with one attached hydrogen (secondary N) is 1. The van der Waals surface area contributed by atoms with E-state index in [-0.39, 0.29) is 5.91 Å². The Labute approximate surface area is 88.4 Å². The van der Waals surface area contributed by atoms with Gasteiger partial charge in [0.1, 0.15) is 0 Å². The lowest BCUT2D eigenvalue weighted by molar-refractivity contribution is -0.118. The average Bonchev–Trinajstić information content (AvgIpc) is 2.12. The topological polar surface area (TPSA) is 32.3 Å². The molecule has 1 N–H and O–H groups in total. The van der Waals surface area contributed by atoms with Crippen LogP contribution in [0.2, 0.25) is 0 Å². The number of hydrogen-bond acceptors (Lipinski definition) is 2. The summed E-state index contributed by atoms with van der Waals surface area (Å²) in [5.74, 6) is 0.128. The van der Waals surface area contributed by atoms with Crippen molar-refractivity contribution >= 4 is 28.8 Å². The molecule has 0 atom stereocenters. The summed E-state index contributed by atoms with van der Waals surface area (Å²) in [7, 11) is 0. The number of carbonyl (C=O) groups is 1. The number of hydrogen-bond donors (Lipinski definition) is 1. The molecule has 0 bridgehead atoms. The van der Waals surface area contributed by atoms with E-state index in [2.05, 4.69) is 22.3 Å². The molecular formula is C8H17IN2O. The SMILES string of the molecule is CCN(CC)CCCC(=O)NI. The monoisotopic (exact) mass is 284 g/mol. The highest BCUT2D eigenvalue weighted by atomic mass is 127. The highest BCUT2D eigenvalue weighted by Crippen LogP contribution is 1.95. The summed E-state index contributed by atoms with van der Waals surface area (Å²) in [5, 5.41) is 0. The van der Waals surface area contributed by atoms with Crippen molar-refractivity contribution in [1.29, 1.82) is 0 Å². The van der Waals surface area contributed by atoms with Crippen molar-refractivity contribution in [3.8, 4) is 0 Å². The Morgan fingerprint density at radius 3 is 2.42 bits per heavy atom. The zero-order chi connectivity index (χ0) is 9.40. The maximum absolute atomic E-state index is 10.8. The van der Waals surface area contributed by atoms with Crippen LogP contribution in [0.5, 0.6) is 0 Å². The zero-order valence-electron chi connectivity index (χ0n) is 7.77. The van der Waals surface area contributed by atoms with E-state index in [4.69, 9.17) is 0 Å². The van der Waals surface area contributed by atoms with Crippen LogP contribution in [0, 0.1) is 0 Å². The standard InChI is InChI=1S/C8H17IN2O/c1-3-11(4-2)7-5-6-8(12)10-9/h3-7H2,1-2H3,(H,10,12). The Morgan fingerprint density at radius 2 is 2.00 bits per heavy atom. The molecule has 0 saturated carbocycles. The second kappa shape index (κ2) is 7.79. The van der Waals surface area contributed by atoms with E-state index in [0.717, 1.165) is 26.1 Å². The molecule has 0 fully saturated rings. The lowest BCUT2D eigenvalue weighted by atomic mass is 10.3. The normalized spacial score (nSPS) is 10.3. The number of carbonyl (C=O) groups excluding carboxylic acids is 1. The summed E-state index contributed by atoms with van der Waals surface area (Å²) < 4.78 is 2.59. The molecule has 4 heteroatoms. The summed E-state index contributed by atoms with van der Waals surface area (Å²) in [6.07, 6.45) is 1.59. The third-order valence-electron chi connectivity index (χ3n) is 1.88. The molecule has 0 spiro atoms. The van der Waals surface area contributed by atoms with Gasteiger partial charge in [-0.1, -0.05) is 13.8 Å². The molecule has 0 aromatic carbocycles. The summed E-state index contributed by atoms with van der Waals surface area (Å²) >= 11 is 1.88. The Morgan fingerprint density at radius 1 is 1.42 bits per heavy atom. The van der Waals surface area contributed by atoms with Crippen molar-refractivity contribution in [2.75, 3.05) is 19.6 Å². The summed E-state index contributed by atoms with van der Waals surface area (Å²) in [5.41, 5.74) is 0. The molecule has 0 heterocycles. The second-order valence-electron chi connectivity index (χ2n) is 2.65. The smallest absolute Gasteiger partial charge is 0.228 e. The summed E-state index contributed by atoms with van der Waals surface area (Å²) in [6.45, 7) is 7.45. The third-order valence-corrected chi connectivity index (χ3v) is 2.48. The van der Waals surface area contributed by atoms with Gasteiger partial charge in [0.2, 0.25) is 5.91 Å². The molecule has 0 saturated heterocycles. The first kappa shape index (κ1) is 12.2. The van der Waals surface area contributed by atoms with Gasteiger partial charge in [-0.05, 0) is 26.1 Å². The van der Waals surface area contributed by atoms with Gasteiger partial charge in [0.15, 0.2) is 0 Å². The van der Waals surface area contributed by atoms with Crippen LogP contribution in [0.1, 0.15) is 26.7 Å². The number of amides is 1. The largest absolute Gasteiger partial charge is 0.304 e. The number of nitrogens with zero attached hydrogens (tertiary/aromatic N) is 1. The van der Waals surface area contributed by atoms with Crippen molar-refractivity contribution in [3.05, 3.63) is 0 Å². The predicted molar refractivity (Wildman–Crippen MR) is 59.2 cm³/mol. The van der Waals surface area contributed by atoms with Gasteiger partial charge in [0.25, 0.3) is 0 Å². The van der Waals surface area contributed by atoms with Crippen LogP contribution in [0.25, 0.3) is 0 Å². The van der Waals surface area contributed by atoms with Crippen molar-refractivity contribution in [3.63, 3.8) is 0 Å². The quantitative estimate of drug-likeness (QED) is 0.593. The molecule has 0 unspecified atom stereocenters. The fraction of sp³-hybridized carbons (Fsp3) is 0.875. The van der Waals surface area contributed by atoms with Gasteiger partial charge in [0, 0.05) is 6.42 Å². The van der Waals surface area contributed by atoms with Crippen molar-refractivity contribution in [1.82, 2.24) is 8.43 Å². The van der Waals surface area contributed by atoms with Crippen LogP contribution in [-0.4, -0.2) is 30.4 Å². The predicted octanol–water partition coefficient (Wildman–Crippen LogP) is 1.57. The van der Waals surface area contributed by atoms with Crippen LogP contribution >= 0.6 is 22.9 Å². The first-order chi connectivity index (χ1) is 5.74. The van der Waals surface area contributed by atoms with E-state index in [9.17, 15) is 4.79 Å². The maximum Gasteiger partial charge on any atom is 0.228 e. The van der Waals surface area contributed by atoms with E-state index in [0.29, 0.717) is 6.42 Å². The zero-order valence-corrected chi connectivity index (χ0v) is 9.93. The minimum atomic E-state index is 0.128. The second-order valence-corrected chi connectivity index (χ2v) is 3.19. The van der Waals surface area contributed by atoms with E-state index in [1.54, 1.807) is 0 Å². The molecule has 0 aliphatic carbocycles. The Kier molecular flexibility index (Phi) is 7.89. The number of rotatable bonds is 6. The molecule has 0 aliphatic heterocycles. The van der Waals surface area contributed by atoms with Gasteiger partial charge in [0.05, 0.1) is 22.9 Å². The third kappa shape index (κ3) is 5.77. The highest BCUT2D eigenvalue weighted by Gasteiger charge is 2.01. The van der Waals surface area contributed by atoms with Gasteiger partial charge in [-0.3, -0.25) is 8.32 Å². The lowest BCUT2D eigenvalue weighted by Gasteiger charge is -2.16. The van der Waals surface area contributed by atoms with E-state index in [1.807, 2.05) is 22.9 Å².